The SMILES string of the molecule is CC(C)(C)OC(O)N1[C@@H]2CC[C@H]1CC(C#N)(c1cncc(Br)c1)C2. The third-order valence-corrected chi connectivity index (χ3v) is 5.46. The molecule has 0 radical (unpaired) electrons. The van der Waals surface area contributed by atoms with Gasteiger partial charge < -0.3 is 9.84 Å². The highest BCUT2D eigenvalue weighted by Gasteiger charge is 2.52. The third-order valence-electron chi connectivity index (χ3n) is 5.03. The van der Waals surface area contributed by atoms with Gasteiger partial charge in [0.1, 0.15) is 0 Å². The van der Waals surface area contributed by atoms with Gasteiger partial charge in [0.25, 0.3) is 0 Å². The van der Waals surface area contributed by atoms with Crippen LogP contribution in [0.5, 0.6) is 0 Å². The van der Waals surface area contributed by atoms with Crippen molar-refractivity contribution in [2.24, 2.45) is 0 Å². The van der Waals surface area contributed by atoms with Crippen LogP contribution in [-0.2, 0) is 10.2 Å². The molecule has 2 bridgehead atoms. The average Bonchev–Trinajstić information content (AvgIpc) is 2.77. The number of aliphatic hydroxyl groups excluding tert-OH is 1. The van der Waals surface area contributed by atoms with Crippen molar-refractivity contribution in [1.82, 2.24) is 9.88 Å². The summed E-state index contributed by atoms with van der Waals surface area (Å²) in [4.78, 5) is 6.30. The highest BCUT2D eigenvalue weighted by Crippen LogP contribution is 2.48. The van der Waals surface area contributed by atoms with E-state index < -0.39 is 17.4 Å². The van der Waals surface area contributed by atoms with E-state index in [1.807, 2.05) is 26.8 Å². The van der Waals surface area contributed by atoms with Crippen molar-refractivity contribution >= 4 is 15.9 Å². The Morgan fingerprint density at radius 1 is 1.38 bits per heavy atom. The topological polar surface area (TPSA) is 69.4 Å². The molecule has 130 valence electrons. The highest BCUT2D eigenvalue weighted by atomic mass is 79.9. The van der Waals surface area contributed by atoms with Crippen LogP contribution < -0.4 is 0 Å². The van der Waals surface area contributed by atoms with E-state index in [1.165, 1.54) is 0 Å². The fourth-order valence-corrected chi connectivity index (χ4v) is 4.45. The smallest absolute Gasteiger partial charge is 0.217 e. The summed E-state index contributed by atoms with van der Waals surface area (Å²) >= 11 is 3.45. The first-order chi connectivity index (χ1) is 11.2. The van der Waals surface area contributed by atoms with Gasteiger partial charge in [-0.05, 0) is 74.0 Å². The second-order valence-corrected chi connectivity index (χ2v) is 8.80. The number of piperidine rings is 1. The van der Waals surface area contributed by atoms with Crippen LogP contribution >= 0.6 is 15.9 Å². The summed E-state index contributed by atoms with van der Waals surface area (Å²) in [6.07, 6.45) is 5.98. The Labute approximate surface area is 151 Å². The van der Waals surface area contributed by atoms with E-state index in [0.29, 0.717) is 12.8 Å². The van der Waals surface area contributed by atoms with E-state index in [9.17, 15) is 10.4 Å². The number of hydrogen-bond donors (Lipinski definition) is 1. The molecule has 0 aromatic carbocycles. The Kier molecular flexibility index (Phi) is 4.73. The normalized spacial score (nSPS) is 31.7. The maximum atomic E-state index is 10.5. The molecule has 0 amide bonds. The fraction of sp³-hybridized carbons (Fsp3) is 0.667. The summed E-state index contributed by atoms with van der Waals surface area (Å²) in [6.45, 7) is 5.82. The number of aliphatic hydroxyl groups is 1. The van der Waals surface area contributed by atoms with Crippen molar-refractivity contribution in [2.75, 3.05) is 0 Å². The standard InChI is InChI=1S/C18H24BrN3O2/c1-17(2,3)24-16(23)22-14-4-5-15(22)8-18(7-14,11-20)12-6-13(19)10-21-9-12/h6,9-10,14-16,23H,4-5,7-8H2,1-3H3/t14-,15+,16?,18?. The lowest BCUT2D eigenvalue weighted by Gasteiger charge is -2.45. The maximum Gasteiger partial charge on any atom is 0.217 e. The zero-order chi connectivity index (χ0) is 17.5. The van der Waals surface area contributed by atoms with Crippen molar-refractivity contribution in [3.05, 3.63) is 28.5 Å². The van der Waals surface area contributed by atoms with E-state index >= 15 is 0 Å². The van der Waals surface area contributed by atoms with Crippen LogP contribution in [0.3, 0.4) is 0 Å². The molecular formula is C18H24BrN3O2. The van der Waals surface area contributed by atoms with Crippen LogP contribution in [0.25, 0.3) is 0 Å². The van der Waals surface area contributed by atoms with E-state index in [0.717, 1.165) is 22.9 Å². The number of ether oxygens (including phenoxy) is 1. The molecule has 1 N–H and O–H groups in total. The quantitative estimate of drug-likeness (QED) is 0.797. The van der Waals surface area contributed by atoms with E-state index in [1.54, 1.807) is 12.4 Å². The van der Waals surface area contributed by atoms with Gasteiger partial charge in [-0.15, -0.1) is 0 Å². The van der Waals surface area contributed by atoms with Gasteiger partial charge in [0.2, 0.25) is 6.41 Å². The molecule has 0 aliphatic carbocycles. The molecule has 2 unspecified atom stereocenters. The largest absolute Gasteiger partial charge is 0.356 e. The van der Waals surface area contributed by atoms with Gasteiger partial charge in [-0.25, -0.2) is 4.90 Å². The van der Waals surface area contributed by atoms with Gasteiger partial charge in [0, 0.05) is 29.0 Å². The van der Waals surface area contributed by atoms with Crippen molar-refractivity contribution < 1.29 is 9.84 Å². The summed E-state index contributed by atoms with van der Waals surface area (Å²) < 4.78 is 6.65. The van der Waals surface area contributed by atoms with E-state index in [4.69, 9.17) is 4.74 Å². The number of halogens is 1. The van der Waals surface area contributed by atoms with Crippen LogP contribution in [0.1, 0.15) is 52.0 Å². The van der Waals surface area contributed by atoms with Gasteiger partial charge in [-0.1, -0.05) is 0 Å². The lowest BCUT2D eigenvalue weighted by molar-refractivity contribution is -0.257. The van der Waals surface area contributed by atoms with Crippen molar-refractivity contribution in [3.8, 4) is 6.07 Å². The molecule has 1 aromatic rings. The molecule has 3 rings (SSSR count). The van der Waals surface area contributed by atoms with Gasteiger partial charge in [0.05, 0.1) is 17.1 Å². The summed E-state index contributed by atoms with van der Waals surface area (Å²) in [6, 6.07) is 4.86. The predicted octanol–water partition coefficient (Wildman–Crippen LogP) is 3.32. The minimum Gasteiger partial charge on any atom is -0.356 e. The van der Waals surface area contributed by atoms with Gasteiger partial charge >= 0.3 is 0 Å². The second kappa shape index (κ2) is 6.38. The van der Waals surface area contributed by atoms with Crippen LogP contribution in [-0.4, -0.2) is 39.1 Å². The monoisotopic (exact) mass is 393 g/mol. The Morgan fingerprint density at radius 2 is 2.00 bits per heavy atom. The molecule has 24 heavy (non-hydrogen) atoms. The van der Waals surface area contributed by atoms with Crippen molar-refractivity contribution in [1.29, 1.82) is 5.26 Å². The van der Waals surface area contributed by atoms with Crippen molar-refractivity contribution in [3.63, 3.8) is 0 Å². The maximum absolute atomic E-state index is 10.5. The van der Waals surface area contributed by atoms with Crippen molar-refractivity contribution in [2.45, 2.75) is 76.0 Å². The van der Waals surface area contributed by atoms with Crippen LogP contribution in [0, 0.1) is 11.3 Å². The lowest BCUT2D eigenvalue weighted by atomic mass is 9.71. The van der Waals surface area contributed by atoms with Gasteiger partial charge in [0.15, 0.2) is 0 Å². The summed E-state index contributed by atoms with van der Waals surface area (Å²) in [5.41, 5.74) is 0.0133. The minimum absolute atomic E-state index is 0.153. The first-order valence-electron chi connectivity index (χ1n) is 8.40. The lowest BCUT2D eigenvalue weighted by Crippen LogP contribution is -2.55. The Balaban J connectivity index is 1.85. The number of hydrogen-bond acceptors (Lipinski definition) is 5. The molecule has 0 spiro atoms. The number of pyridine rings is 1. The molecule has 0 saturated carbocycles. The minimum atomic E-state index is -0.917. The molecule has 4 atom stereocenters. The summed E-state index contributed by atoms with van der Waals surface area (Å²) in [5, 5.41) is 20.5. The fourth-order valence-electron chi connectivity index (χ4n) is 4.09. The molecule has 3 heterocycles. The Hall–Kier alpha value is -1.000. The van der Waals surface area contributed by atoms with Gasteiger partial charge in [-0.3, -0.25) is 4.98 Å². The first-order valence-corrected chi connectivity index (χ1v) is 9.19. The predicted molar refractivity (Wildman–Crippen MR) is 94.0 cm³/mol. The first kappa shape index (κ1) is 17.8. The molecule has 2 aliphatic rings. The molecule has 6 heteroatoms. The molecule has 2 aliphatic heterocycles. The van der Waals surface area contributed by atoms with Crippen LogP contribution in [0.2, 0.25) is 0 Å². The van der Waals surface area contributed by atoms with Crippen LogP contribution in [0.4, 0.5) is 0 Å². The molecule has 2 saturated heterocycles. The molecular weight excluding hydrogens is 370 g/mol. The van der Waals surface area contributed by atoms with Crippen LogP contribution in [0.15, 0.2) is 22.9 Å². The number of nitrogens with zero attached hydrogens (tertiary/aromatic N) is 3. The summed E-state index contributed by atoms with van der Waals surface area (Å²) in [5.74, 6) is 0. The van der Waals surface area contributed by atoms with E-state index in [-0.39, 0.29) is 12.1 Å². The second-order valence-electron chi connectivity index (χ2n) is 7.88. The number of rotatable bonds is 3. The zero-order valence-corrected chi connectivity index (χ0v) is 16.0. The summed E-state index contributed by atoms with van der Waals surface area (Å²) in [7, 11) is 0. The Morgan fingerprint density at radius 3 is 2.50 bits per heavy atom. The van der Waals surface area contributed by atoms with Gasteiger partial charge in [-0.2, -0.15) is 5.26 Å². The van der Waals surface area contributed by atoms with E-state index in [2.05, 4.69) is 31.9 Å². The molecule has 2 fully saturated rings. The number of aromatic nitrogens is 1. The number of fused-ring (bicyclic) bond motifs is 2. The third kappa shape index (κ3) is 3.36. The average molecular weight is 394 g/mol. The molecule has 1 aromatic heterocycles. The zero-order valence-electron chi connectivity index (χ0n) is 14.4. The molecule has 5 nitrogen and oxygen atoms in total. The Bertz CT molecular complexity index is 638. The number of nitriles is 1. The highest BCUT2D eigenvalue weighted by molar-refractivity contribution is 9.10.